The molecule has 0 saturated carbocycles. The van der Waals surface area contributed by atoms with E-state index >= 15 is 0 Å². The number of likely N-dealkylation sites (tertiary alicyclic amines) is 1. The highest BCUT2D eigenvalue weighted by atomic mass is 16.5. The van der Waals surface area contributed by atoms with Crippen molar-refractivity contribution in [1.29, 1.82) is 0 Å². The molecule has 2 fully saturated rings. The van der Waals surface area contributed by atoms with Gasteiger partial charge in [-0.25, -0.2) is 4.79 Å². The number of nitrogens with zero attached hydrogens (tertiary/aromatic N) is 1. The first-order valence-electron chi connectivity index (χ1n) is 7.80. The number of carboxylic acids is 1. The third kappa shape index (κ3) is 2.99. The largest absolute Gasteiger partial charge is 0.478 e. The second kappa shape index (κ2) is 6.08. The number of rotatable bonds is 2. The smallest absolute Gasteiger partial charge is 0.335 e. The average Bonchev–Trinajstić information content (AvgIpc) is 2.55. The van der Waals surface area contributed by atoms with E-state index < -0.39 is 5.97 Å². The molecule has 0 bridgehead atoms. The fraction of sp³-hybridized carbons (Fsp3) is 0.529. The molecule has 2 saturated heterocycles. The third-order valence-corrected chi connectivity index (χ3v) is 4.88. The minimum atomic E-state index is -0.974. The van der Waals surface area contributed by atoms with Gasteiger partial charge in [0.1, 0.15) is 0 Å². The monoisotopic (exact) mass is 303 g/mol. The molecule has 0 atom stereocenters. The molecule has 1 amide bonds. The number of carbonyl (C=O) groups excluding carboxylic acids is 1. The van der Waals surface area contributed by atoms with Crippen LogP contribution in [0.2, 0.25) is 0 Å². The Morgan fingerprint density at radius 2 is 1.68 bits per heavy atom. The number of hydrogen-bond acceptors (Lipinski definition) is 3. The van der Waals surface area contributed by atoms with Gasteiger partial charge in [-0.15, -0.1) is 0 Å². The minimum Gasteiger partial charge on any atom is -0.478 e. The molecule has 1 aromatic rings. The Bertz CT molecular complexity index is 555. The molecular weight excluding hydrogens is 282 g/mol. The van der Waals surface area contributed by atoms with E-state index in [1.54, 1.807) is 12.1 Å². The third-order valence-electron chi connectivity index (χ3n) is 4.88. The van der Waals surface area contributed by atoms with Crippen LogP contribution in [0.1, 0.15) is 46.4 Å². The molecule has 3 rings (SSSR count). The first-order chi connectivity index (χ1) is 10.6. The molecule has 0 radical (unpaired) electrons. The van der Waals surface area contributed by atoms with E-state index in [1.165, 1.54) is 12.1 Å². The van der Waals surface area contributed by atoms with E-state index in [1.807, 2.05) is 4.90 Å². The number of aromatic carboxylic acids is 1. The van der Waals surface area contributed by atoms with Crippen LogP contribution in [-0.4, -0.2) is 48.2 Å². The lowest BCUT2D eigenvalue weighted by atomic mass is 9.74. The molecule has 5 heteroatoms. The highest BCUT2D eigenvalue weighted by Crippen LogP contribution is 2.39. The predicted molar refractivity (Wildman–Crippen MR) is 81.0 cm³/mol. The average molecular weight is 303 g/mol. The first kappa shape index (κ1) is 15.0. The number of carbonyl (C=O) groups is 2. The van der Waals surface area contributed by atoms with E-state index in [4.69, 9.17) is 9.84 Å². The number of hydrogen-bond donors (Lipinski definition) is 1. The fourth-order valence-electron chi connectivity index (χ4n) is 3.53. The Labute approximate surface area is 129 Å². The van der Waals surface area contributed by atoms with Gasteiger partial charge in [-0.05, 0) is 55.4 Å². The standard InChI is InChI=1S/C17H21NO4/c19-15(13-2-4-14(5-3-13)16(20)21)18-9-1-6-17(12-18)7-10-22-11-8-17/h2-5H,1,6-12H2,(H,20,21). The summed E-state index contributed by atoms with van der Waals surface area (Å²) in [6.45, 7) is 3.14. The molecule has 0 aromatic heterocycles. The summed E-state index contributed by atoms with van der Waals surface area (Å²) < 4.78 is 5.45. The van der Waals surface area contributed by atoms with E-state index in [0.29, 0.717) is 5.56 Å². The molecule has 2 heterocycles. The zero-order chi connectivity index (χ0) is 15.6. The molecule has 1 spiro atoms. The van der Waals surface area contributed by atoms with Gasteiger partial charge in [0.15, 0.2) is 0 Å². The molecule has 5 nitrogen and oxygen atoms in total. The quantitative estimate of drug-likeness (QED) is 0.911. The predicted octanol–water partition coefficient (Wildman–Crippen LogP) is 2.42. The molecule has 0 unspecified atom stereocenters. The van der Waals surface area contributed by atoms with Crippen molar-refractivity contribution >= 4 is 11.9 Å². The van der Waals surface area contributed by atoms with Gasteiger partial charge in [0.25, 0.3) is 5.91 Å². The SMILES string of the molecule is O=C(O)c1ccc(C(=O)N2CCCC3(CCOCC3)C2)cc1. The summed E-state index contributed by atoms with van der Waals surface area (Å²) in [7, 11) is 0. The van der Waals surface area contributed by atoms with E-state index in [2.05, 4.69) is 0 Å². The van der Waals surface area contributed by atoms with E-state index in [9.17, 15) is 9.59 Å². The van der Waals surface area contributed by atoms with Crippen LogP contribution in [0.4, 0.5) is 0 Å². The lowest BCUT2D eigenvalue weighted by molar-refractivity contribution is -0.0229. The first-order valence-corrected chi connectivity index (χ1v) is 7.80. The van der Waals surface area contributed by atoms with Gasteiger partial charge in [-0.2, -0.15) is 0 Å². The van der Waals surface area contributed by atoms with Gasteiger partial charge >= 0.3 is 5.97 Å². The van der Waals surface area contributed by atoms with Gasteiger partial charge in [0, 0.05) is 31.9 Å². The van der Waals surface area contributed by atoms with Crippen molar-refractivity contribution in [1.82, 2.24) is 4.90 Å². The molecule has 118 valence electrons. The topological polar surface area (TPSA) is 66.8 Å². The Balaban J connectivity index is 1.72. The summed E-state index contributed by atoms with van der Waals surface area (Å²) in [6, 6.07) is 6.20. The Kier molecular flexibility index (Phi) is 4.16. The van der Waals surface area contributed by atoms with Crippen molar-refractivity contribution < 1.29 is 19.4 Å². The maximum Gasteiger partial charge on any atom is 0.335 e. The van der Waals surface area contributed by atoms with Crippen molar-refractivity contribution in [3.8, 4) is 0 Å². The van der Waals surface area contributed by atoms with Crippen LogP contribution in [0.15, 0.2) is 24.3 Å². The fourth-order valence-corrected chi connectivity index (χ4v) is 3.53. The van der Waals surface area contributed by atoms with Crippen LogP contribution in [0.3, 0.4) is 0 Å². The highest BCUT2D eigenvalue weighted by molar-refractivity contribution is 5.96. The number of ether oxygens (including phenoxy) is 1. The van der Waals surface area contributed by atoms with Crippen LogP contribution < -0.4 is 0 Å². The highest BCUT2D eigenvalue weighted by Gasteiger charge is 2.38. The summed E-state index contributed by atoms with van der Waals surface area (Å²) in [6.07, 6.45) is 4.24. The zero-order valence-corrected chi connectivity index (χ0v) is 12.6. The number of amides is 1. The van der Waals surface area contributed by atoms with Crippen LogP contribution in [0.25, 0.3) is 0 Å². The lowest BCUT2D eigenvalue weighted by Gasteiger charge is -2.45. The second-order valence-corrected chi connectivity index (χ2v) is 6.33. The Morgan fingerprint density at radius 3 is 2.32 bits per heavy atom. The van der Waals surface area contributed by atoms with E-state index in [0.717, 1.165) is 52.0 Å². The molecule has 0 aliphatic carbocycles. The zero-order valence-electron chi connectivity index (χ0n) is 12.6. The normalized spacial score (nSPS) is 20.8. The van der Waals surface area contributed by atoms with Crippen LogP contribution >= 0.6 is 0 Å². The maximum atomic E-state index is 12.7. The molecular formula is C17H21NO4. The summed E-state index contributed by atoms with van der Waals surface area (Å²) in [4.78, 5) is 25.5. The van der Waals surface area contributed by atoms with Crippen molar-refractivity contribution in [2.24, 2.45) is 5.41 Å². The van der Waals surface area contributed by atoms with Crippen molar-refractivity contribution in [2.75, 3.05) is 26.3 Å². The second-order valence-electron chi connectivity index (χ2n) is 6.33. The Morgan fingerprint density at radius 1 is 1.05 bits per heavy atom. The van der Waals surface area contributed by atoms with Gasteiger partial charge in [0.05, 0.1) is 5.56 Å². The van der Waals surface area contributed by atoms with Gasteiger partial charge in [-0.1, -0.05) is 0 Å². The maximum absolute atomic E-state index is 12.7. The lowest BCUT2D eigenvalue weighted by Crippen LogP contribution is -2.48. The number of carboxylic acid groups (broad SMARTS) is 1. The number of benzene rings is 1. The molecule has 2 aliphatic rings. The molecule has 2 aliphatic heterocycles. The van der Waals surface area contributed by atoms with Crippen molar-refractivity contribution in [3.63, 3.8) is 0 Å². The van der Waals surface area contributed by atoms with Crippen molar-refractivity contribution in [3.05, 3.63) is 35.4 Å². The van der Waals surface area contributed by atoms with Gasteiger partial charge < -0.3 is 14.7 Å². The minimum absolute atomic E-state index is 0.00232. The van der Waals surface area contributed by atoms with Gasteiger partial charge in [-0.3, -0.25) is 4.79 Å². The van der Waals surface area contributed by atoms with Gasteiger partial charge in [0.2, 0.25) is 0 Å². The summed E-state index contributed by atoms with van der Waals surface area (Å²) in [5.74, 6) is -0.972. The summed E-state index contributed by atoms with van der Waals surface area (Å²) >= 11 is 0. The summed E-state index contributed by atoms with van der Waals surface area (Å²) in [5.41, 5.74) is 0.984. The Hall–Kier alpha value is -1.88. The van der Waals surface area contributed by atoms with Crippen LogP contribution in [0, 0.1) is 5.41 Å². The van der Waals surface area contributed by atoms with Crippen molar-refractivity contribution in [2.45, 2.75) is 25.7 Å². The molecule has 1 N–H and O–H groups in total. The molecule has 22 heavy (non-hydrogen) atoms. The van der Waals surface area contributed by atoms with E-state index in [-0.39, 0.29) is 16.9 Å². The summed E-state index contributed by atoms with van der Waals surface area (Å²) in [5, 5.41) is 8.92. The molecule has 1 aromatic carbocycles. The van der Waals surface area contributed by atoms with Crippen LogP contribution in [0.5, 0.6) is 0 Å². The van der Waals surface area contributed by atoms with Crippen LogP contribution in [-0.2, 0) is 4.74 Å². The number of piperidine rings is 1.